The number of rotatable bonds is 23. The summed E-state index contributed by atoms with van der Waals surface area (Å²) >= 11 is 0. The molecule has 10 nitrogen and oxygen atoms in total. The molecule has 7 bridgehead atoms. The number of methoxy groups -OCH3 is 3. The Kier molecular flexibility index (Phi) is 14.7. The number of allylic oxidation sites excluding steroid dienone is 2. The lowest BCUT2D eigenvalue weighted by atomic mass is 9.43. The quantitative estimate of drug-likeness (QED) is 0.0640. The van der Waals surface area contributed by atoms with Crippen molar-refractivity contribution in [2.24, 2.45) is 40.4 Å². The van der Waals surface area contributed by atoms with Crippen molar-refractivity contribution in [3.63, 3.8) is 0 Å². The molecule has 0 radical (unpaired) electrons. The zero-order valence-corrected chi connectivity index (χ0v) is 36.7. The molecule has 1 spiro atoms. The van der Waals surface area contributed by atoms with Gasteiger partial charge in [-0.15, -0.1) is 0 Å². The van der Waals surface area contributed by atoms with E-state index in [4.69, 9.17) is 23.7 Å². The molecule has 1 aliphatic heterocycles. The molecule has 0 aromatic heterocycles. The molecule has 14 atom stereocenters. The number of carbonyl (C=O) groups excluding carboxylic acids is 2. The monoisotopic (exact) mass is 822 g/mol. The summed E-state index contributed by atoms with van der Waals surface area (Å²) < 4.78 is 32.5. The summed E-state index contributed by atoms with van der Waals surface area (Å²) in [6.07, 6.45) is 18.6. The number of aliphatic hydroxyl groups is 2. The van der Waals surface area contributed by atoms with Gasteiger partial charge in [-0.1, -0.05) is 95.6 Å². The Morgan fingerprint density at radius 3 is 2.14 bits per heavy atom. The number of hydrogen-bond acceptors (Lipinski definition) is 10. The highest BCUT2D eigenvalue weighted by Gasteiger charge is 2.88. The van der Waals surface area contributed by atoms with Crippen LogP contribution >= 0.6 is 0 Å². The second-order valence-electron chi connectivity index (χ2n) is 19.1. The van der Waals surface area contributed by atoms with Gasteiger partial charge in [-0.25, -0.2) is 4.79 Å². The van der Waals surface area contributed by atoms with Crippen LogP contribution in [0.3, 0.4) is 0 Å². The lowest BCUT2D eigenvalue weighted by molar-refractivity contribution is -0.295. The van der Waals surface area contributed by atoms with Crippen LogP contribution in [0.4, 0.5) is 0 Å². The summed E-state index contributed by atoms with van der Waals surface area (Å²) in [5.74, 6) is -2.20. The SMILES string of the molecule is CCCCCCCC/C=C\CCCCCCCC(=O)O[C@@]12[C@@H]3[C@@H](CC([C@@H](OC)[C@@H]1O)[C@@H]3OC(=O)c1ccccc1)[C@@]13CC[C@@H](O)[C@@]4(COC)CN(CC)C1[C@@H]2[C@H](OC)[C@H]43. The fourth-order valence-corrected chi connectivity index (χ4v) is 14.4. The number of esters is 2. The van der Waals surface area contributed by atoms with Gasteiger partial charge in [-0.05, 0) is 81.4 Å². The van der Waals surface area contributed by atoms with E-state index in [0.29, 0.717) is 38.0 Å². The second-order valence-corrected chi connectivity index (χ2v) is 19.1. The number of aliphatic hydroxyl groups excluding tert-OH is 2. The number of likely N-dealkylation sites (tertiary alicyclic amines) is 1. The van der Waals surface area contributed by atoms with Crippen molar-refractivity contribution in [2.45, 2.75) is 165 Å². The molecule has 59 heavy (non-hydrogen) atoms. The number of piperidine rings is 1. The molecular weight excluding hydrogens is 747 g/mol. The minimum absolute atomic E-state index is 0.0803. The van der Waals surface area contributed by atoms with Crippen molar-refractivity contribution in [3.05, 3.63) is 48.0 Å². The average molecular weight is 822 g/mol. The third-order valence-electron chi connectivity index (χ3n) is 16.4. The Morgan fingerprint density at radius 1 is 0.831 bits per heavy atom. The number of ether oxygens (including phenoxy) is 5. The first-order valence-electron chi connectivity index (χ1n) is 23.5. The maximum Gasteiger partial charge on any atom is 0.338 e. The molecule has 1 aromatic carbocycles. The minimum atomic E-state index is -1.45. The van der Waals surface area contributed by atoms with Gasteiger partial charge in [0.05, 0.1) is 30.5 Å². The van der Waals surface area contributed by atoms with Crippen LogP contribution in [-0.2, 0) is 28.5 Å². The Hall–Kier alpha value is -2.34. The predicted molar refractivity (Wildman–Crippen MR) is 227 cm³/mol. The van der Waals surface area contributed by atoms with E-state index in [0.717, 1.165) is 45.1 Å². The normalized spacial score (nSPS) is 39.1. The van der Waals surface area contributed by atoms with Crippen LogP contribution in [-0.4, -0.2) is 110 Å². The van der Waals surface area contributed by atoms with Gasteiger partial charge >= 0.3 is 11.9 Å². The zero-order chi connectivity index (χ0) is 41.8. The number of hydrogen-bond donors (Lipinski definition) is 2. The zero-order valence-electron chi connectivity index (χ0n) is 36.7. The first-order valence-corrected chi connectivity index (χ1v) is 23.5. The maximum atomic E-state index is 14.5. The number of nitrogens with zero attached hydrogens (tertiary/aromatic N) is 1. The van der Waals surface area contributed by atoms with Gasteiger partial charge in [-0.3, -0.25) is 9.69 Å². The van der Waals surface area contributed by atoms with Gasteiger partial charge in [0.2, 0.25) is 0 Å². The number of fused-ring (bicyclic) bond motifs is 2. The molecule has 6 aliphatic rings. The molecule has 2 N–H and O–H groups in total. The van der Waals surface area contributed by atoms with Crippen molar-refractivity contribution in [1.82, 2.24) is 4.90 Å². The van der Waals surface area contributed by atoms with E-state index in [9.17, 15) is 19.8 Å². The highest BCUT2D eigenvalue weighted by molar-refractivity contribution is 5.89. The smallest absolute Gasteiger partial charge is 0.338 e. The van der Waals surface area contributed by atoms with Crippen molar-refractivity contribution in [1.29, 1.82) is 0 Å². The lowest BCUT2D eigenvalue weighted by Crippen LogP contribution is -2.78. The molecule has 0 amide bonds. The highest BCUT2D eigenvalue weighted by atomic mass is 16.6. The largest absolute Gasteiger partial charge is 0.458 e. The van der Waals surface area contributed by atoms with E-state index in [-0.39, 0.29) is 41.6 Å². The van der Waals surface area contributed by atoms with E-state index < -0.39 is 59.3 Å². The van der Waals surface area contributed by atoms with Gasteiger partial charge in [0, 0.05) is 69.4 Å². The van der Waals surface area contributed by atoms with Crippen LogP contribution in [0, 0.1) is 40.4 Å². The average Bonchev–Trinajstić information content (AvgIpc) is 3.66. The molecule has 7 rings (SSSR count). The van der Waals surface area contributed by atoms with Crippen molar-refractivity contribution < 1.29 is 43.5 Å². The Bertz CT molecular complexity index is 1570. The summed E-state index contributed by atoms with van der Waals surface area (Å²) in [6, 6.07) is 8.96. The summed E-state index contributed by atoms with van der Waals surface area (Å²) in [4.78, 5) is 30.9. The molecule has 5 saturated carbocycles. The number of carbonyl (C=O) groups is 2. The van der Waals surface area contributed by atoms with Crippen molar-refractivity contribution in [2.75, 3.05) is 41.0 Å². The molecule has 6 fully saturated rings. The van der Waals surface area contributed by atoms with Gasteiger partial charge in [0.25, 0.3) is 0 Å². The molecule has 1 heterocycles. The van der Waals surface area contributed by atoms with Gasteiger partial charge < -0.3 is 33.9 Å². The van der Waals surface area contributed by atoms with Crippen molar-refractivity contribution >= 4 is 11.9 Å². The standard InChI is InChI=1S/C49H75NO9/c1-6-8-9-10-11-12-13-14-15-16-17-18-19-20-24-27-37(52)59-49-38-35(30-34(41(56-4)45(49)53)40(38)58-46(54)33-25-22-21-23-26-33)48-29-28-36(51)47(32-55-3)31-50(7-2)44(48)39(49)42(57-5)43(47)48/h14-15,21-23,25-26,34-36,38-45,51,53H,6-13,16-20,24,27-32H2,1-5H3/b15-14-/t34?,35-,36-,38-,39+,40+,41-,42+,43-,44?,45+,47+,48-,49-/m1/s1. The van der Waals surface area contributed by atoms with Crippen LogP contribution in [0.2, 0.25) is 0 Å². The Balaban J connectivity index is 1.13. The Morgan fingerprint density at radius 2 is 1.49 bits per heavy atom. The molecule has 1 aromatic rings. The van der Waals surface area contributed by atoms with Gasteiger partial charge in [-0.2, -0.15) is 0 Å². The summed E-state index contributed by atoms with van der Waals surface area (Å²) in [6.45, 7) is 6.13. The third-order valence-corrected chi connectivity index (χ3v) is 16.4. The topological polar surface area (TPSA) is 124 Å². The first kappa shape index (κ1) is 44.7. The fraction of sp³-hybridized carbons (Fsp3) is 0.796. The summed E-state index contributed by atoms with van der Waals surface area (Å²) in [7, 11) is 5.04. The highest BCUT2D eigenvalue weighted by Crippen LogP contribution is 2.80. The number of unbranched alkanes of at least 4 members (excludes halogenated alkanes) is 11. The minimum Gasteiger partial charge on any atom is -0.458 e. The third kappa shape index (κ3) is 7.66. The predicted octanol–water partition coefficient (Wildman–Crippen LogP) is 7.93. The fourth-order valence-electron chi connectivity index (χ4n) is 14.4. The molecule has 330 valence electrons. The van der Waals surface area contributed by atoms with E-state index in [2.05, 4.69) is 30.9 Å². The van der Waals surface area contributed by atoms with Gasteiger partial charge in [0.15, 0.2) is 5.60 Å². The summed E-state index contributed by atoms with van der Waals surface area (Å²) in [5, 5.41) is 25.0. The molecular formula is C49H75NO9. The van der Waals surface area contributed by atoms with Crippen LogP contribution in [0.1, 0.15) is 133 Å². The van der Waals surface area contributed by atoms with E-state index in [1.807, 2.05) is 18.2 Å². The van der Waals surface area contributed by atoms with Crippen LogP contribution in [0.25, 0.3) is 0 Å². The van der Waals surface area contributed by atoms with Crippen LogP contribution in [0.5, 0.6) is 0 Å². The molecule has 1 saturated heterocycles. The lowest BCUT2D eigenvalue weighted by Gasteiger charge is -2.68. The Labute approximate surface area is 354 Å². The number of benzene rings is 1. The molecule has 10 heteroatoms. The van der Waals surface area contributed by atoms with Gasteiger partial charge in [0.1, 0.15) is 12.2 Å². The first-order chi connectivity index (χ1) is 28.7. The summed E-state index contributed by atoms with van der Waals surface area (Å²) in [5.41, 5.74) is -1.97. The van der Waals surface area contributed by atoms with E-state index in [1.54, 1.807) is 33.5 Å². The van der Waals surface area contributed by atoms with E-state index >= 15 is 0 Å². The van der Waals surface area contributed by atoms with Crippen LogP contribution in [0.15, 0.2) is 42.5 Å². The van der Waals surface area contributed by atoms with Crippen molar-refractivity contribution in [3.8, 4) is 0 Å². The molecule has 5 aliphatic carbocycles. The second kappa shape index (κ2) is 19.4. The van der Waals surface area contributed by atoms with E-state index in [1.165, 1.54) is 44.9 Å². The maximum absolute atomic E-state index is 14.5. The van der Waals surface area contributed by atoms with Crippen LogP contribution < -0.4 is 0 Å². The molecule has 2 unspecified atom stereocenters.